The standard InChI is InChI=1S/C17H33N3O/c1-5-18-15(19-10-16(4)12-21-13-16)20-11-17(7-6-8-17)9-14(2)3/h14H,5-13H2,1-4H3,(H2,18,19,20). The molecule has 0 aromatic heterocycles. The fourth-order valence-corrected chi connectivity index (χ4v) is 3.42. The lowest BCUT2D eigenvalue weighted by Gasteiger charge is -2.44. The van der Waals surface area contributed by atoms with E-state index in [-0.39, 0.29) is 5.41 Å². The maximum Gasteiger partial charge on any atom is 0.191 e. The quantitative estimate of drug-likeness (QED) is 0.561. The summed E-state index contributed by atoms with van der Waals surface area (Å²) in [4.78, 5) is 4.76. The normalized spacial score (nSPS) is 23.4. The van der Waals surface area contributed by atoms with Crippen LogP contribution >= 0.6 is 0 Å². The number of hydrogen-bond acceptors (Lipinski definition) is 2. The number of guanidine groups is 1. The number of nitrogens with one attached hydrogen (secondary N) is 2. The zero-order valence-electron chi connectivity index (χ0n) is 14.3. The molecule has 1 saturated heterocycles. The number of ether oxygens (including phenoxy) is 1. The molecule has 0 amide bonds. The fourth-order valence-electron chi connectivity index (χ4n) is 3.42. The third-order valence-electron chi connectivity index (χ3n) is 4.75. The van der Waals surface area contributed by atoms with Crippen LogP contribution in [-0.4, -0.2) is 38.8 Å². The van der Waals surface area contributed by atoms with Crippen molar-refractivity contribution in [3.05, 3.63) is 0 Å². The molecule has 2 rings (SSSR count). The summed E-state index contributed by atoms with van der Waals surface area (Å²) in [6, 6.07) is 0. The molecule has 1 aliphatic carbocycles. The molecule has 1 saturated carbocycles. The first-order chi connectivity index (χ1) is 9.97. The zero-order chi connectivity index (χ0) is 15.3. The van der Waals surface area contributed by atoms with Gasteiger partial charge in [-0.05, 0) is 37.5 Å². The van der Waals surface area contributed by atoms with Gasteiger partial charge in [-0.25, -0.2) is 0 Å². The van der Waals surface area contributed by atoms with Gasteiger partial charge in [-0.15, -0.1) is 0 Å². The van der Waals surface area contributed by atoms with Gasteiger partial charge in [0.25, 0.3) is 0 Å². The van der Waals surface area contributed by atoms with E-state index in [4.69, 9.17) is 9.73 Å². The molecule has 0 aromatic rings. The predicted octanol–water partition coefficient (Wildman–Crippen LogP) is 2.79. The summed E-state index contributed by atoms with van der Waals surface area (Å²) < 4.78 is 5.30. The molecule has 0 radical (unpaired) electrons. The van der Waals surface area contributed by atoms with Gasteiger partial charge in [0.1, 0.15) is 0 Å². The van der Waals surface area contributed by atoms with E-state index >= 15 is 0 Å². The summed E-state index contributed by atoms with van der Waals surface area (Å²) in [5.41, 5.74) is 0.752. The summed E-state index contributed by atoms with van der Waals surface area (Å²) in [5, 5.41) is 6.96. The van der Waals surface area contributed by atoms with Crippen molar-refractivity contribution in [3.63, 3.8) is 0 Å². The molecule has 0 aromatic carbocycles. The van der Waals surface area contributed by atoms with Crippen LogP contribution in [0.4, 0.5) is 0 Å². The van der Waals surface area contributed by atoms with E-state index in [0.29, 0.717) is 5.41 Å². The number of hydrogen-bond donors (Lipinski definition) is 2. The van der Waals surface area contributed by atoms with E-state index in [0.717, 1.165) is 44.7 Å². The Kier molecular flexibility index (Phi) is 5.53. The Hall–Kier alpha value is -0.770. The molecule has 1 aliphatic heterocycles. The Balaban J connectivity index is 1.85. The van der Waals surface area contributed by atoms with E-state index in [1.165, 1.54) is 25.7 Å². The zero-order valence-corrected chi connectivity index (χ0v) is 14.3. The van der Waals surface area contributed by atoms with Gasteiger partial charge in [0, 0.05) is 18.5 Å². The number of aliphatic imine (C=N–C) groups is 1. The molecule has 4 heteroatoms. The second-order valence-electron chi connectivity index (χ2n) is 7.80. The summed E-state index contributed by atoms with van der Waals surface area (Å²) in [5.74, 6) is 1.75. The molecular formula is C17H33N3O. The fraction of sp³-hybridized carbons (Fsp3) is 0.941. The van der Waals surface area contributed by atoms with Gasteiger partial charge in [0.05, 0.1) is 19.8 Å². The molecule has 0 atom stereocenters. The van der Waals surface area contributed by atoms with E-state index in [9.17, 15) is 0 Å². The SMILES string of the molecule is CCNC(=NCC1(C)COC1)NCC1(CC(C)C)CCC1. The molecule has 1 heterocycles. The lowest BCUT2D eigenvalue weighted by Crippen LogP contribution is -2.48. The predicted molar refractivity (Wildman–Crippen MR) is 88.6 cm³/mol. The largest absolute Gasteiger partial charge is 0.380 e. The van der Waals surface area contributed by atoms with Crippen molar-refractivity contribution < 1.29 is 4.74 Å². The van der Waals surface area contributed by atoms with Crippen molar-refractivity contribution in [2.24, 2.45) is 21.7 Å². The van der Waals surface area contributed by atoms with Gasteiger partial charge in [-0.3, -0.25) is 4.99 Å². The first kappa shape index (κ1) is 16.6. The maximum atomic E-state index is 5.30. The highest BCUT2D eigenvalue weighted by Gasteiger charge is 2.37. The Labute approximate surface area is 130 Å². The van der Waals surface area contributed by atoms with Crippen molar-refractivity contribution >= 4 is 5.96 Å². The Morgan fingerprint density at radius 1 is 1.24 bits per heavy atom. The smallest absolute Gasteiger partial charge is 0.191 e. The van der Waals surface area contributed by atoms with Crippen LogP contribution in [0.2, 0.25) is 0 Å². The van der Waals surface area contributed by atoms with Gasteiger partial charge in [-0.1, -0.05) is 27.2 Å². The Morgan fingerprint density at radius 2 is 1.95 bits per heavy atom. The van der Waals surface area contributed by atoms with E-state index < -0.39 is 0 Å². The van der Waals surface area contributed by atoms with Crippen molar-refractivity contribution in [1.29, 1.82) is 0 Å². The van der Waals surface area contributed by atoms with Crippen LogP contribution in [0.25, 0.3) is 0 Å². The van der Waals surface area contributed by atoms with Crippen LogP contribution in [0.3, 0.4) is 0 Å². The van der Waals surface area contributed by atoms with Crippen LogP contribution in [0, 0.1) is 16.7 Å². The third kappa shape index (κ3) is 4.60. The highest BCUT2D eigenvalue weighted by Crippen LogP contribution is 2.45. The Bertz CT molecular complexity index is 357. The second kappa shape index (κ2) is 6.99. The molecule has 0 unspecified atom stereocenters. The molecule has 122 valence electrons. The molecule has 0 bridgehead atoms. The second-order valence-corrected chi connectivity index (χ2v) is 7.80. The molecule has 4 nitrogen and oxygen atoms in total. The highest BCUT2D eigenvalue weighted by molar-refractivity contribution is 5.79. The van der Waals surface area contributed by atoms with Crippen molar-refractivity contribution in [2.75, 3.05) is 32.8 Å². The molecule has 2 fully saturated rings. The van der Waals surface area contributed by atoms with E-state index in [1.807, 2.05) is 0 Å². The molecule has 0 spiro atoms. The highest BCUT2D eigenvalue weighted by atomic mass is 16.5. The summed E-state index contributed by atoms with van der Waals surface area (Å²) in [7, 11) is 0. The van der Waals surface area contributed by atoms with Crippen LogP contribution in [0.1, 0.15) is 53.4 Å². The number of rotatable bonds is 7. The van der Waals surface area contributed by atoms with Crippen LogP contribution in [0.15, 0.2) is 4.99 Å². The molecule has 2 N–H and O–H groups in total. The minimum Gasteiger partial charge on any atom is -0.380 e. The summed E-state index contributed by atoms with van der Waals surface area (Å²) in [6.45, 7) is 13.5. The first-order valence-corrected chi connectivity index (χ1v) is 8.57. The molecule has 21 heavy (non-hydrogen) atoms. The molecular weight excluding hydrogens is 262 g/mol. The number of nitrogens with zero attached hydrogens (tertiary/aromatic N) is 1. The lowest BCUT2D eigenvalue weighted by atomic mass is 9.64. The van der Waals surface area contributed by atoms with E-state index in [2.05, 4.69) is 38.3 Å². The molecule has 2 aliphatic rings. The van der Waals surface area contributed by atoms with Gasteiger partial charge in [-0.2, -0.15) is 0 Å². The summed E-state index contributed by atoms with van der Waals surface area (Å²) in [6.07, 6.45) is 5.44. The van der Waals surface area contributed by atoms with Crippen molar-refractivity contribution in [1.82, 2.24) is 10.6 Å². The van der Waals surface area contributed by atoms with Crippen LogP contribution in [0.5, 0.6) is 0 Å². The van der Waals surface area contributed by atoms with Gasteiger partial charge >= 0.3 is 0 Å². The third-order valence-corrected chi connectivity index (χ3v) is 4.75. The minimum atomic E-state index is 0.244. The lowest BCUT2D eigenvalue weighted by molar-refractivity contribution is -0.0945. The minimum absolute atomic E-state index is 0.244. The monoisotopic (exact) mass is 295 g/mol. The van der Waals surface area contributed by atoms with Crippen molar-refractivity contribution in [3.8, 4) is 0 Å². The van der Waals surface area contributed by atoms with E-state index in [1.54, 1.807) is 0 Å². The average molecular weight is 295 g/mol. The summed E-state index contributed by atoms with van der Waals surface area (Å²) >= 11 is 0. The Morgan fingerprint density at radius 3 is 2.38 bits per heavy atom. The van der Waals surface area contributed by atoms with Gasteiger partial charge < -0.3 is 15.4 Å². The van der Waals surface area contributed by atoms with Gasteiger partial charge in [0.2, 0.25) is 0 Å². The average Bonchev–Trinajstić information content (AvgIpc) is 2.35. The van der Waals surface area contributed by atoms with Gasteiger partial charge in [0.15, 0.2) is 5.96 Å². The van der Waals surface area contributed by atoms with Crippen LogP contribution in [-0.2, 0) is 4.74 Å². The van der Waals surface area contributed by atoms with Crippen molar-refractivity contribution in [2.45, 2.75) is 53.4 Å². The topological polar surface area (TPSA) is 45.7 Å². The first-order valence-electron chi connectivity index (χ1n) is 8.57. The maximum absolute atomic E-state index is 5.30. The van der Waals surface area contributed by atoms with Crippen LogP contribution < -0.4 is 10.6 Å².